The summed E-state index contributed by atoms with van der Waals surface area (Å²) in [6.07, 6.45) is 2.59. The van der Waals surface area contributed by atoms with Crippen molar-refractivity contribution in [1.82, 2.24) is 14.9 Å². The maximum atomic E-state index is 6.11. The number of aromatic nitrogens is 2. The highest BCUT2D eigenvalue weighted by Gasteiger charge is 2.21. The van der Waals surface area contributed by atoms with E-state index in [1.54, 1.807) is 11.3 Å². The molecule has 1 aliphatic rings. The van der Waals surface area contributed by atoms with Crippen molar-refractivity contribution >= 4 is 33.2 Å². The van der Waals surface area contributed by atoms with Crippen LogP contribution in [0.4, 0.5) is 0 Å². The van der Waals surface area contributed by atoms with Gasteiger partial charge in [0.25, 0.3) is 0 Å². The molecule has 0 aliphatic carbocycles. The first-order valence-corrected chi connectivity index (χ1v) is 6.04. The second kappa shape index (κ2) is 3.40. The lowest BCUT2D eigenvalue weighted by Gasteiger charge is -2.21. The molecule has 0 N–H and O–H groups in total. The first-order valence-electron chi connectivity index (χ1n) is 4.85. The molecule has 0 radical (unpaired) electrons. The van der Waals surface area contributed by atoms with Gasteiger partial charge in [0.05, 0.1) is 5.39 Å². The molecular formula is C10H10ClN3S. The van der Waals surface area contributed by atoms with Gasteiger partial charge in [-0.25, -0.2) is 9.97 Å². The number of hydrogen-bond acceptors (Lipinski definition) is 4. The second-order valence-electron chi connectivity index (χ2n) is 3.84. The van der Waals surface area contributed by atoms with Crippen molar-refractivity contribution in [2.24, 2.45) is 0 Å². The van der Waals surface area contributed by atoms with Crippen LogP contribution >= 0.6 is 22.9 Å². The minimum absolute atomic E-state index is 0.599. The molecule has 2 aromatic rings. The molecule has 5 heteroatoms. The monoisotopic (exact) mass is 239 g/mol. The van der Waals surface area contributed by atoms with E-state index in [0.29, 0.717) is 5.15 Å². The Kier molecular flexibility index (Phi) is 2.16. The lowest BCUT2D eigenvalue weighted by atomic mass is 10.1. The third-order valence-electron chi connectivity index (χ3n) is 2.78. The van der Waals surface area contributed by atoms with Crippen molar-refractivity contribution in [3.05, 3.63) is 21.9 Å². The van der Waals surface area contributed by atoms with E-state index in [-0.39, 0.29) is 0 Å². The molecule has 0 unspecified atom stereocenters. The first-order chi connectivity index (χ1) is 7.25. The van der Waals surface area contributed by atoms with E-state index in [0.717, 1.165) is 29.7 Å². The lowest BCUT2D eigenvalue weighted by Crippen LogP contribution is -2.25. The Labute approximate surface area is 96.7 Å². The van der Waals surface area contributed by atoms with Crippen molar-refractivity contribution in [3.8, 4) is 0 Å². The SMILES string of the molecule is CN1CCc2c(sc3ncnc(Cl)c23)C1. The maximum Gasteiger partial charge on any atom is 0.141 e. The largest absolute Gasteiger partial charge is 0.301 e. The Balaban J connectivity index is 2.29. The molecule has 0 amide bonds. The zero-order chi connectivity index (χ0) is 10.4. The van der Waals surface area contributed by atoms with Gasteiger partial charge in [0, 0.05) is 18.0 Å². The second-order valence-corrected chi connectivity index (χ2v) is 5.28. The molecular weight excluding hydrogens is 230 g/mol. The van der Waals surface area contributed by atoms with E-state index < -0.39 is 0 Å². The van der Waals surface area contributed by atoms with Crippen LogP contribution in [0.25, 0.3) is 10.2 Å². The highest BCUT2D eigenvalue weighted by atomic mass is 35.5. The number of fused-ring (bicyclic) bond motifs is 3. The number of thiophene rings is 1. The number of nitrogens with zero attached hydrogens (tertiary/aromatic N) is 3. The Morgan fingerprint density at radius 1 is 1.47 bits per heavy atom. The topological polar surface area (TPSA) is 29.0 Å². The molecule has 0 fully saturated rings. The van der Waals surface area contributed by atoms with Gasteiger partial charge >= 0.3 is 0 Å². The number of rotatable bonds is 0. The van der Waals surface area contributed by atoms with Crippen molar-refractivity contribution in [2.75, 3.05) is 13.6 Å². The summed E-state index contributed by atoms with van der Waals surface area (Å²) >= 11 is 7.85. The van der Waals surface area contributed by atoms with Gasteiger partial charge in [-0.1, -0.05) is 11.6 Å². The molecule has 2 aromatic heterocycles. The van der Waals surface area contributed by atoms with Gasteiger partial charge in [0.2, 0.25) is 0 Å². The predicted octanol–water partition coefficient (Wildman–Crippen LogP) is 2.33. The van der Waals surface area contributed by atoms with E-state index in [9.17, 15) is 0 Å². The van der Waals surface area contributed by atoms with Gasteiger partial charge in [0.15, 0.2) is 0 Å². The standard InChI is InChI=1S/C10H10ClN3S/c1-14-3-2-6-7(4-14)15-10-8(6)9(11)12-5-13-10/h5H,2-4H2,1H3. The molecule has 0 spiro atoms. The molecule has 3 nitrogen and oxygen atoms in total. The van der Waals surface area contributed by atoms with Crippen molar-refractivity contribution in [3.63, 3.8) is 0 Å². The van der Waals surface area contributed by atoms with E-state index in [2.05, 4.69) is 21.9 Å². The number of hydrogen-bond donors (Lipinski definition) is 0. The predicted molar refractivity (Wildman–Crippen MR) is 62.5 cm³/mol. The minimum Gasteiger partial charge on any atom is -0.301 e. The Bertz CT molecular complexity index is 523. The molecule has 0 bridgehead atoms. The Morgan fingerprint density at radius 2 is 2.33 bits per heavy atom. The van der Waals surface area contributed by atoms with Gasteiger partial charge in [-0.3, -0.25) is 0 Å². The molecule has 0 aromatic carbocycles. The van der Waals surface area contributed by atoms with Gasteiger partial charge < -0.3 is 4.90 Å². The van der Waals surface area contributed by atoms with Crippen molar-refractivity contribution in [1.29, 1.82) is 0 Å². The number of likely N-dealkylation sites (N-methyl/N-ethyl adjacent to an activating group) is 1. The van der Waals surface area contributed by atoms with Crippen LogP contribution in [0.5, 0.6) is 0 Å². The van der Waals surface area contributed by atoms with Gasteiger partial charge in [-0.05, 0) is 19.0 Å². The molecule has 3 heterocycles. The zero-order valence-electron chi connectivity index (χ0n) is 8.33. The summed E-state index contributed by atoms with van der Waals surface area (Å²) in [6.45, 7) is 2.09. The molecule has 3 rings (SSSR count). The summed E-state index contributed by atoms with van der Waals surface area (Å²) in [6, 6.07) is 0. The molecule has 78 valence electrons. The van der Waals surface area contributed by atoms with E-state index in [1.807, 2.05) is 0 Å². The van der Waals surface area contributed by atoms with Crippen LogP contribution in [0.15, 0.2) is 6.33 Å². The van der Waals surface area contributed by atoms with Crippen LogP contribution in [0.1, 0.15) is 10.4 Å². The highest BCUT2D eigenvalue weighted by molar-refractivity contribution is 7.19. The smallest absolute Gasteiger partial charge is 0.141 e. The van der Waals surface area contributed by atoms with E-state index in [1.165, 1.54) is 16.8 Å². The molecule has 15 heavy (non-hydrogen) atoms. The van der Waals surface area contributed by atoms with Gasteiger partial charge in [-0.2, -0.15) is 0 Å². The van der Waals surface area contributed by atoms with Crippen LogP contribution in [-0.2, 0) is 13.0 Å². The summed E-state index contributed by atoms with van der Waals surface area (Å²) in [5.41, 5.74) is 1.36. The first kappa shape index (κ1) is 9.51. The van der Waals surface area contributed by atoms with E-state index in [4.69, 9.17) is 11.6 Å². The molecule has 0 saturated heterocycles. The summed E-state index contributed by atoms with van der Waals surface area (Å²) in [5.74, 6) is 0. The Hall–Kier alpha value is -0.710. The third kappa shape index (κ3) is 1.44. The summed E-state index contributed by atoms with van der Waals surface area (Å²) in [5, 5.41) is 1.68. The van der Waals surface area contributed by atoms with Crippen LogP contribution in [0.3, 0.4) is 0 Å². The fourth-order valence-corrected chi connectivity index (χ4v) is 3.59. The lowest BCUT2D eigenvalue weighted by molar-refractivity contribution is 0.318. The fraction of sp³-hybridized carbons (Fsp3) is 0.400. The summed E-state index contributed by atoms with van der Waals surface area (Å²) < 4.78 is 0. The number of halogens is 1. The average Bonchev–Trinajstić information content (AvgIpc) is 2.56. The Morgan fingerprint density at radius 3 is 3.20 bits per heavy atom. The van der Waals surface area contributed by atoms with Crippen LogP contribution in [0.2, 0.25) is 5.15 Å². The fourth-order valence-electron chi connectivity index (χ4n) is 2.02. The van der Waals surface area contributed by atoms with Crippen LogP contribution in [-0.4, -0.2) is 28.5 Å². The van der Waals surface area contributed by atoms with Crippen molar-refractivity contribution in [2.45, 2.75) is 13.0 Å². The summed E-state index contributed by atoms with van der Waals surface area (Å²) in [7, 11) is 2.14. The zero-order valence-corrected chi connectivity index (χ0v) is 9.90. The quantitative estimate of drug-likeness (QED) is 0.661. The van der Waals surface area contributed by atoms with Crippen LogP contribution < -0.4 is 0 Å². The van der Waals surface area contributed by atoms with E-state index >= 15 is 0 Å². The molecule has 0 atom stereocenters. The van der Waals surface area contributed by atoms with Gasteiger partial charge in [-0.15, -0.1) is 11.3 Å². The molecule has 1 aliphatic heterocycles. The van der Waals surface area contributed by atoms with Crippen LogP contribution in [0, 0.1) is 0 Å². The maximum absolute atomic E-state index is 6.11. The van der Waals surface area contributed by atoms with Crippen molar-refractivity contribution < 1.29 is 0 Å². The highest BCUT2D eigenvalue weighted by Crippen LogP contribution is 2.36. The minimum atomic E-state index is 0.599. The van der Waals surface area contributed by atoms with Gasteiger partial charge in [0.1, 0.15) is 16.3 Å². The normalized spacial score (nSPS) is 16.9. The third-order valence-corrected chi connectivity index (χ3v) is 4.19. The summed E-state index contributed by atoms with van der Waals surface area (Å²) in [4.78, 5) is 13.1. The molecule has 0 saturated carbocycles. The average molecular weight is 240 g/mol.